The fraction of sp³-hybridized carbons (Fsp3) is 0.533. The van der Waals surface area contributed by atoms with E-state index >= 15 is 0 Å². The van der Waals surface area contributed by atoms with Crippen LogP contribution in [0, 0.1) is 16.7 Å². The lowest BCUT2D eigenvalue weighted by molar-refractivity contribution is 0.317. The van der Waals surface area contributed by atoms with Crippen molar-refractivity contribution in [1.82, 2.24) is 5.32 Å². The number of thioether (sulfide) groups is 1. The minimum atomic E-state index is 0.440. The highest BCUT2D eigenvalue weighted by molar-refractivity contribution is 7.99. The van der Waals surface area contributed by atoms with Crippen LogP contribution in [-0.2, 0) is 6.54 Å². The van der Waals surface area contributed by atoms with Crippen molar-refractivity contribution in [1.29, 1.82) is 5.26 Å². The smallest absolute Gasteiger partial charge is 0.0991 e. The van der Waals surface area contributed by atoms with E-state index in [1.807, 2.05) is 30.0 Å². The Morgan fingerprint density at radius 3 is 3.06 bits per heavy atom. The lowest BCUT2D eigenvalue weighted by atomic mass is 9.88. The summed E-state index contributed by atoms with van der Waals surface area (Å²) in [5.41, 5.74) is 2.38. The SMILES string of the molecule is CC1(C)CSCC(NCc2cccc(C#N)c2)C1. The van der Waals surface area contributed by atoms with Gasteiger partial charge < -0.3 is 5.32 Å². The summed E-state index contributed by atoms with van der Waals surface area (Å²) in [5.74, 6) is 2.45. The summed E-state index contributed by atoms with van der Waals surface area (Å²) < 4.78 is 0. The van der Waals surface area contributed by atoms with Crippen LogP contribution in [0.5, 0.6) is 0 Å². The highest BCUT2D eigenvalue weighted by Gasteiger charge is 2.27. The second-order valence-electron chi connectivity index (χ2n) is 5.77. The molecule has 1 atom stereocenters. The monoisotopic (exact) mass is 260 g/mol. The first-order valence-electron chi connectivity index (χ1n) is 6.39. The number of benzene rings is 1. The number of hydrogen-bond acceptors (Lipinski definition) is 3. The van der Waals surface area contributed by atoms with Crippen LogP contribution in [0.15, 0.2) is 24.3 Å². The van der Waals surface area contributed by atoms with Crippen molar-refractivity contribution in [2.24, 2.45) is 5.41 Å². The van der Waals surface area contributed by atoms with Crippen LogP contribution in [0.2, 0.25) is 0 Å². The van der Waals surface area contributed by atoms with Crippen LogP contribution < -0.4 is 5.32 Å². The van der Waals surface area contributed by atoms with E-state index in [1.54, 1.807) is 0 Å². The Balaban J connectivity index is 1.89. The van der Waals surface area contributed by atoms with Gasteiger partial charge in [-0.3, -0.25) is 0 Å². The molecule has 1 fully saturated rings. The van der Waals surface area contributed by atoms with Gasteiger partial charge in [-0.25, -0.2) is 0 Å². The number of nitriles is 1. The van der Waals surface area contributed by atoms with E-state index in [0.717, 1.165) is 12.1 Å². The molecule has 0 aromatic heterocycles. The lowest BCUT2D eigenvalue weighted by Crippen LogP contribution is -2.39. The van der Waals surface area contributed by atoms with Crippen LogP contribution in [0.3, 0.4) is 0 Å². The maximum Gasteiger partial charge on any atom is 0.0991 e. The maximum absolute atomic E-state index is 8.87. The summed E-state index contributed by atoms with van der Waals surface area (Å²) in [6.45, 7) is 5.53. The van der Waals surface area contributed by atoms with Crippen LogP contribution in [0.4, 0.5) is 0 Å². The molecular weight excluding hydrogens is 240 g/mol. The molecule has 18 heavy (non-hydrogen) atoms. The molecule has 1 unspecified atom stereocenters. The average molecular weight is 260 g/mol. The highest BCUT2D eigenvalue weighted by atomic mass is 32.2. The second-order valence-corrected chi connectivity index (χ2v) is 6.80. The van der Waals surface area contributed by atoms with Crippen LogP contribution in [0.1, 0.15) is 31.4 Å². The number of nitrogens with zero attached hydrogens (tertiary/aromatic N) is 1. The third kappa shape index (κ3) is 3.76. The van der Waals surface area contributed by atoms with Gasteiger partial charge in [0.2, 0.25) is 0 Å². The molecule has 1 N–H and O–H groups in total. The van der Waals surface area contributed by atoms with E-state index in [1.165, 1.54) is 23.5 Å². The second kappa shape index (κ2) is 5.77. The summed E-state index contributed by atoms with van der Waals surface area (Å²) in [7, 11) is 0. The Kier molecular flexibility index (Phi) is 4.31. The van der Waals surface area contributed by atoms with Gasteiger partial charge in [0, 0.05) is 18.3 Å². The molecule has 3 heteroatoms. The minimum absolute atomic E-state index is 0.440. The van der Waals surface area contributed by atoms with E-state index in [4.69, 9.17) is 5.26 Å². The molecule has 1 heterocycles. The first-order valence-corrected chi connectivity index (χ1v) is 7.55. The number of nitrogens with one attached hydrogen (secondary N) is 1. The van der Waals surface area contributed by atoms with Gasteiger partial charge in [-0.15, -0.1) is 0 Å². The third-order valence-electron chi connectivity index (χ3n) is 3.26. The molecule has 2 nitrogen and oxygen atoms in total. The first kappa shape index (κ1) is 13.5. The topological polar surface area (TPSA) is 35.8 Å². The van der Waals surface area contributed by atoms with Gasteiger partial charge in [-0.2, -0.15) is 17.0 Å². The van der Waals surface area contributed by atoms with Crippen molar-refractivity contribution in [3.8, 4) is 6.07 Å². The Bertz CT molecular complexity index is 448. The van der Waals surface area contributed by atoms with Gasteiger partial charge in [0.15, 0.2) is 0 Å². The van der Waals surface area contributed by atoms with Gasteiger partial charge in [-0.05, 0) is 35.3 Å². The van der Waals surface area contributed by atoms with Gasteiger partial charge in [-0.1, -0.05) is 26.0 Å². The van der Waals surface area contributed by atoms with Crippen molar-refractivity contribution in [3.05, 3.63) is 35.4 Å². The summed E-state index contributed by atoms with van der Waals surface area (Å²) >= 11 is 2.04. The Morgan fingerprint density at radius 1 is 1.50 bits per heavy atom. The molecule has 96 valence electrons. The zero-order chi connectivity index (χ0) is 13.0. The maximum atomic E-state index is 8.87. The lowest BCUT2D eigenvalue weighted by Gasteiger charge is -2.35. The highest BCUT2D eigenvalue weighted by Crippen LogP contribution is 2.33. The predicted molar refractivity (Wildman–Crippen MR) is 77.5 cm³/mol. The molecule has 0 aliphatic carbocycles. The quantitative estimate of drug-likeness (QED) is 0.906. The van der Waals surface area contributed by atoms with E-state index in [0.29, 0.717) is 11.5 Å². The molecule has 1 aliphatic rings. The summed E-state index contributed by atoms with van der Waals surface area (Å²) in [6.07, 6.45) is 1.23. The van der Waals surface area contributed by atoms with E-state index in [2.05, 4.69) is 31.3 Å². The zero-order valence-electron chi connectivity index (χ0n) is 11.1. The van der Waals surface area contributed by atoms with Gasteiger partial charge in [0.25, 0.3) is 0 Å². The molecule has 2 rings (SSSR count). The summed E-state index contributed by atoms with van der Waals surface area (Å²) in [5, 5.41) is 12.5. The number of hydrogen-bond donors (Lipinski definition) is 1. The molecule has 0 bridgehead atoms. The minimum Gasteiger partial charge on any atom is -0.309 e. The third-order valence-corrected chi connectivity index (χ3v) is 4.89. The Morgan fingerprint density at radius 2 is 2.33 bits per heavy atom. The largest absolute Gasteiger partial charge is 0.309 e. The van der Waals surface area contributed by atoms with Crippen molar-refractivity contribution >= 4 is 11.8 Å². The molecule has 0 amide bonds. The standard InChI is InChI=1S/C15H20N2S/c1-15(2)7-14(10-18-11-15)17-9-13-5-3-4-12(6-13)8-16/h3-6,14,17H,7,9-11H2,1-2H3. The fourth-order valence-electron chi connectivity index (χ4n) is 2.41. The van der Waals surface area contributed by atoms with Gasteiger partial charge in [0.1, 0.15) is 0 Å². The van der Waals surface area contributed by atoms with Crippen LogP contribution in [0.25, 0.3) is 0 Å². The molecule has 1 aromatic rings. The fourth-order valence-corrected chi connectivity index (χ4v) is 3.71. The van der Waals surface area contributed by atoms with Crippen molar-refractivity contribution in [3.63, 3.8) is 0 Å². The van der Waals surface area contributed by atoms with E-state index in [-0.39, 0.29) is 0 Å². The number of rotatable bonds is 3. The van der Waals surface area contributed by atoms with Gasteiger partial charge in [0.05, 0.1) is 11.6 Å². The van der Waals surface area contributed by atoms with Crippen molar-refractivity contribution in [2.45, 2.75) is 32.9 Å². The predicted octanol–water partition coefficient (Wildman–Crippen LogP) is 3.18. The Hall–Kier alpha value is -0.980. The van der Waals surface area contributed by atoms with Gasteiger partial charge >= 0.3 is 0 Å². The van der Waals surface area contributed by atoms with Crippen LogP contribution in [-0.4, -0.2) is 17.5 Å². The van der Waals surface area contributed by atoms with E-state index < -0.39 is 0 Å². The summed E-state index contributed by atoms with van der Waals surface area (Å²) in [4.78, 5) is 0. The zero-order valence-corrected chi connectivity index (χ0v) is 11.9. The molecule has 0 spiro atoms. The molecule has 1 aliphatic heterocycles. The van der Waals surface area contributed by atoms with E-state index in [9.17, 15) is 0 Å². The molecule has 1 saturated heterocycles. The molecule has 0 saturated carbocycles. The average Bonchev–Trinajstić information content (AvgIpc) is 2.35. The van der Waals surface area contributed by atoms with Crippen LogP contribution >= 0.6 is 11.8 Å². The van der Waals surface area contributed by atoms with Crippen molar-refractivity contribution < 1.29 is 0 Å². The molecular formula is C15H20N2S. The Labute approximate surface area is 114 Å². The molecule has 0 radical (unpaired) electrons. The normalized spacial score (nSPS) is 22.4. The summed E-state index contributed by atoms with van der Waals surface area (Å²) in [6, 6.07) is 10.6. The van der Waals surface area contributed by atoms with Crippen molar-refractivity contribution in [2.75, 3.05) is 11.5 Å². The first-order chi connectivity index (χ1) is 8.59. The molecule has 1 aromatic carbocycles.